The quantitative estimate of drug-likeness (QED) is 0.780. The summed E-state index contributed by atoms with van der Waals surface area (Å²) in [4.78, 5) is 23.5. The third kappa shape index (κ3) is 4.90. The maximum Gasteiger partial charge on any atom is 0.318 e. The summed E-state index contributed by atoms with van der Waals surface area (Å²) in [5.74, 6) is 0.592. The first kappa shape index (κ1) is 20.6. The van der Waals surface area contributed by atoms with Crippen LogP contribution in [0.4, 0.5) is 10.7 Å². The first-order chi connectivity index (χ1) is 15.2. The number of carbonyl (C=O) groups is 1. The molecule has 0 radical (unpaired) electrons. The zero-order valence-electron chi connectivity index (χ0n) is 17.1. The highest BCUT2D eigenvalue weighted by atomic mass is 16.5. The lowest BCUT2D eigenvalue weighted by Crippen LogP contribution is -2.43. The highest BCUT2D eigenvalue weighted by Gasteiger charge is 2.23. The van der Waals surface area contributed by atoms with Gasteiger partial charge >= 0.3 is 6.03 Å². The van der Waals surface area contributed by atoms with Crippen LogP contribution >= 0.6 is 0 Å². The molecule has 0 bridgehead atoms. The van der Waals surface area contributed by atoms with E-state index in [0.717, 1.165) is 42.9 Å². The lowest BCUT2D eigenvalue weighted by atomic mass is 10.1. The number of hydrogen-bond donors (Lipinski definition) is 2. The van der Waals surface area contributed by atoms with E-state index in [-0.39, 0.29) is 12.6 Å². The number of rotatable bonds is 4. The molecule has 158 valence electrons. The average molecular weight is 417 g/mol. The zero-order chi connectivity index (χ0) is 21.6. The van der Waals surface area contributed by atoms with E-state index >= 15 is 0 Å². The molecular weight excluding hydrogens is 394 g/mol. The second kappa shape index (κ2) is 9.41. The first-order valence-corrected chi connectivity index (χ1v) is 10.3. The van der Waals surface area contributed by atoms with Gasteiger partial charge in [0.2, 0.25) is 5.95 Å². The number of hydrogen-bond acceptors (Lipinski definition) is 7. The smallest absolute Gasteiger partial charge is 0.318 e. The van der Waals surface area contributed by atoms with Gasteiger partial charge in [0.05, 0.1) is 23.4 Å². The highest BCUT2D eigenvalue weighted by Crippen LogP contribution is 2.19. The molecule has 3 heterocycles. The minimum absolute atomic E-state index is 0.189. The van der Waals surface area contributed by atoms with Crippen molar-refractivity contribution in [2.24, 2.45) is 0 Å². The van der Waals surface area contributed by atoms with Crippen LogP contribution in [0.1, 0.15) is 40.8 Å². The van der Waals surface area contributed by atoms with Crippen LogP contribution in [-0.4, -0.2) is 46.7 Å². The van der Waals surface area contributed by atoms with E-state index in [0.29, 0.717) is 42.6 Å². The molecule has 1 fully saturated rings. The number of urea groups is 1. The highest BCUT2D eigenvalue weighted by molar-refractivity contribution is 5.74. The van der Waals surface area contributed by atoms with Crippen molar-refractivity contribution in [3.05, 3.63) is 52.3 Å². The molecule has 0 saturated carbocycles. The summed E-state index contributed by atoms with van der Waals surface area (Å²) in [7, 11) is 0. The minimum atomic E-state index is -0.189. The van der Waals surface area contributed by atoms with E-state index in [1.165, 1.54) is 0 Å². The Morgan fingerprint density at radius 1 is 1.23 bits per heavy atom. The predicted molar refractivity (Wildman–Crippen MR) is 112 cm³/mol. The van der Waals surface area contributed by atoms with E-state index in [9.17, 15) is 4.79 Å². The lowest BCUT2D eigenvalue weighted by molar-refractivity contribution is 0.0903. The molecule has 9 heteroatoms. The van der Waals surface area contributed by atoms with Crippen molar-refractivity contribution < 1.29 is 9.53 Å². The topological polar surface area (TPSA) is 127 Å². The van der Waals surface area contributed by atoms with Crippen LogP contribution < -0.4 is 10.6 Å². The SMILES string of the molecule is N#Cc1ccc(CNC(=O)N2CCc3cnc(NC4CCOCC4)nc3C2)cc1C#N. The van der Waals surface area contributed by atoms with Gasteiger partial charge in [-0.05, 0) is 42.5 Å². The van der Waals surface area contributed by atoms with Crippen molar-refractivity contribution in [2.75, 3.05) is 25.1 Å². The number of ether oxygens (including phenoxy) is 1. The minimum Gasteiger partial charge on any atom is -0.381 e. The molecule has 4 rings (SSSR count). The van der Waals surface area contributed by atoms with E-state index in [1.54, 1.807) is 23.1 Å². The lowest BCUT2D eigenvalue weighted by Gasteiger charge is -2.29. The number of fused-ring (bicyclic) bond motifs is 1. The van der Waals surface area contributed by atoms with Crippen LogP contribution in [0, 0.1) is 22.7 Å². The first-order valence-electron chi connectivity index (χ1n) is 10.3. The zero-order valence-corrected chi connectivity index (χ0v) is 17.1. The molecule has 1 aromatic heterocycles. The number of nitriles is 2. The summed E-state index contributed by atoms with van der Waals surface area (Å²) in [5, 5.41) is 24.4. The Balaban J connectivity index is 1.36. The summed E-state index contributed by atoms with van der Waals surface area (Å²) in [6.07, 6.45) is 4.41. The summed E-state index contributed by atoms with van der Waals surface area (Å²) >= 11 is 0. The molecule has 1 aromatic carbocycles. The van der Waals surface area contributed by atoms with E-state index in [2.05, 4.69) is 20.6 Å². The molecular formula is C22H23N7O2. The normalized spacial score (nSPS) is 16.0. The van der Waals surface area contributed by atoms with E-state index < -0.39 is 0 Å². The van der Waals surface area contributed by atoms with Crippen LogP contribution in [-0.2, 0) is 24.2 Å². The predicted octanol–water partition coefficient (Wildman–Crippen LogP) is 2.08. The fourth-order valence-corrected chi connectivity index (χ4v) is 3.75. The Morgan fingerprint density at radius 2 is 2.03 bits per heavy atom. The molecule has 1 saturated heterocycles. The summed E-state index contributed by atoms with van der Waals surface area (Å²) in [5.41, 5.74) is 3.33. The second-order valence-electron chi connectivity index (χ2n) is 7.63. The van der Waals surface area contributed by atoms with Gasteiger partial charge in [0, 0.05) is 38.5 Å². The van der Waals surface area contributed by atoms with Gasteiger partial charge in [0.15, 0.2) is 0 Å². The average Bonchev–Trinajstić information content (AvgIpc) is 2.82. The summed E-state index contributed by atoms with van der Waals surface area (Å²) < 4.78 is 5.39. The standard InChI is InChI=1S/C22H23N7O2/c23-10-16-2-1-15(9-18(16)11-24)12-26-22(30)29-6-3-17-13-25-21(28-20(17)14-29)27-19-4-7-31-8-5-19/h1-2,9,13,19H,3-8,12,14H2,(H,26,30)(H,25,27,28). The van der Waals surface area contributed by atoms with Crippen molar-refractivity contribution in [2.45, 2.75) is 38.4 Å². The molecule has 9 nitrogen and oxygen atoms in total. The molecule has 0 aliphatic carbocycles. The van der Waals surface area contributed by atoms with Crippen molar-refractivity contribution >= 4 is 12.0 Å². The Bertz CT molecular complexity index is 1050. The summed E-state index contributed by atoms with van der Waals surface area (Å²) in [6, 6.07) is 9.09. The number of anilines is 1. The maximum absolute atomic E-state index is 12.7. The molecule has 2 aliphatic rings. The largest absolute Gasteiger partial charge is 0.381 e. The van der Waals surface area contributed by atoms with Gasteiger partial charge in [0.25, 0.3) is 0 Å². The van der Waals surface area contributed by atoms with Gasteiger partial charge in [-0.15, -0.1) is 0 Å². The van der Waals surface area contributed by atoms with Crippen LogP contribution in [0.2, 0.25) is 0 Å². The van der Waals surface area contributed by atoms with Gasteiger partial charge in [-0.2, -0.15) is 10.5 Å². The van der Waals surface area contributed by atoms with Crippen molar-refractivity contribution in [3.63, 3.8) is 0 Å². The Morgan fingerprint density at radius 3 is 2.81 bits per heavy atom. The molecule has 31 heavy (non-hydrogen) atoms. The monoisotopic (exact) mass is 417 g/mol. The number of benzene rings is 1. The van der Waals surface area contributed by atoms with Crippen LogP contribution in [0.3, 0.4) is 0 Å². The van der Waals surface area contributed by atoms with Gasteiger partial charge in [-0.25, -0.2) is 14.8 Å². The van der Waals surface area contributed by atoms with Crippen LogP contribution in [0.5, 0.6) is 0 Å². The van der Waals surface area contributed by atoms with Gasteiger partial charge in [0.1, 0.15) is 12.1 Å². The third-order valence-corrected chi connectivity index (χ3v) is 5.56. The molecule has 2 aliphatic heterocycles. The second-order valence-corrected chi connectivity index (χ2v) is 7.63. The van der Waals surface area contributed by atoms with Crippen molar-refractivity contribution in [1.29, 1.82) is 10.5 Å². The Hall–Kier alpha value is -3.69. The Kier molecular flexibility index (Phi) is 6.25. The van der Waals surface area contributed by atoms with Crippen molar-refractivity contribution in [3.8, 4) is 12.1 Å². The number of nitrogens with zero attached hydrogens (tertiary/aromatic N) is 5. The van der Waals surface area contributed by atoms with Gasteiger partial charge < -0.3 is 20.3 Å². The fraction of sp³-hybridized carbons (Fsp3) is 0.409. The molecule has 2 N–H and O–H groups in total. The molecule has 0 spiro atoms. The van der Waals surface area contributed by atoms with Crippen molar-refractivity contribution in [1.82, 2.24) is 20.2 Å². The van der Waals surface area contributed by atoms with Gasteiger partial charge in [-0.3, -0.25) is 0 Å². The molecule has 2 amide bonds. The number of aromatic nitrogens is 2. The molecule has 2 aromatic rings. The van der Waals surface area contributed by atoms with E-state index in [4.69, 9.17) is 15.3 Å². The number of carbonyl (C=O) groups excluding carboxylic acids is 1. The molecule has 0 unspecified atom stereocenters. The van der Waals surface area contributed by atoms with Crippen LogP contribution in [0.15, 0.2) is 24.4 Å². The van der Waals surface area contributed by atoms with Gasteiger partial charge in [-0.1, -0.05) is 6.07 Å². The number of amides is 2. The Labute approximate surface area is 180 Å². The summed E-state index contributed by atoms with van der Waals surface area (Å²) in [6.45, 7) is 2.77. The maximum atomic E-state index is 12.7. The molecule has 0 atom stereocenters. The van der Waals surface area contributed by atoms with E-state index in [1.807, 2.05) is 18.3 Å². The number of nitrogens with one attached hydrogen (secondary N) is 2. The third-order valence-electron chi connectivity index (χ3n) is 5.56. The van der Waals surface area contributed by atoms with Crippen LogP contribution in [0.25, 0.3) is 0 Å². The fourth-order valence-electron chi connectivity index (χ4n) is 3.75.